The van der Waals surface area contributed by atoms with Crippen LogP contribution in [-0.2, 0) is 28.3 Å². The van der Waals surface area contributed by atoms with Crippen LogP contribution in [0.3, 0.4) is 0 Å². The number of likely N-dealkylation sites (tertiary alicyclic amines) is 1. The first-order valence-corrected chi connectivity index (χ1v) is 13.9. The molecule has 36 heavy (non-hydrogen) atoms. The van der Waals surface area contributed by atoms with Gasteiger partial charge in [0.2, 0.25) is 0 Å². The molecule has 1 aromatic carbocycles. The van der Waals surface area contributed by atoms with Crippen LogP contribution in [0.5, 0.6) is 5.75 Å². The number of aliphatic hydroxyl groups excluding tert-OH is 2. The average Bonchev–Trinajstić information content (AvgIpc) is 2.82. The SMILES string of the molecule is CSCc1cc(CN2CCCCC2)c2c(c1O)C(=O)C1=C(O)C3C(=O)C(C(N)=O)=C(O)CC3CC1C2. The van der Waals surface area contributed by atoms with Crippen molar-refractivity contribution < 1.29 is 29.7 Å². The average molecular weight is 513 g/mol. The van der Waals surface area contributed by atoms with E-state index in [4.69, 9.17) is 5.73 Å². The molecule has 9 heteroatoms. The molecule has 192 valence electrons. The van der Waals surface area contributed by atoms with Gasteiger partial charge in [0.25, 0.3) is 5.91 Å². The maximum Gasteiger partial charge on any atom is 0.255 e. The van der Waals surface area contributed by atoms with Gasteiger partial charge in [-0.2, -0.15) is 11.8 Å². The van der Waals surface area contributed by atoms with E-state index in [0.717, 1.165) is 37.1 Å². The fraction of sp³-hybridized carbons (Fsp3) is 0.519. The Balaban J connectivity index is 1.60. The van der Waals surface area contributed by atoms with E-state index in [0.29, 0.717) is 30.7 Å². The molecule has 1 amide bonds. The van der Waals surface area contributed by atoms with Crippen molar-refractivity contribution >= 4 is 29.2 Å². The lowest BCUT2D eigenvalue weighted by atomic mass is 9.62. The number of nitrogens with zero attached hydrogens (tertiary/aromatic N) is 1. The van der Waals surface area contributed by atoms with Crippen LogP contribution in [0.15, 0.2) is 28.7 Å². The number of phenols is 1. The Morgan fingerprint density at radius 2 is 1.83 bits per heavy atom. The summed E-state index contributed by atoms with van der Waals surface area (Å²) in [5.41, 5.74) is 7.71. The summed E-state index contributed by atoms with van der Waals surface area (Å²) in [6.07, 6.45) is 6.35. The van der Waals surface area contributed by atoms with E-state index < -0.39 is 34.9 Å². The molecule has 5 rings (SSSR count). The Bertz CT molecular complexity index is 1210. The summed E-state index contributed by atoms with van der Waals surface area (Å²) >= 11 is 1.55. The number of fused-ring (bicyclic) bond motifs is 3. The van der Waals surface area contributed by atoms with Crippen LogP contribution in [0.25, 0.3) is 0 Å². The predicted octanol–water partition coefficient (Wildman–Crippen LogP) is 3.31. The molecule has 3 unspecified atom stereocenters. The number of piperidine rings is 1. The van der Waals surface area contributed by atoms with Gasteiger partial charge in [-0.15, -0.1) is 0 Å². The first-order valence-electron chi connectivity index (χ1n) is 12.5. The zero-order chi connectivity index (χ0) is 25.7. The molecule has 1 fully saturated rings. The van der Waals surface area contributed by atoms with E-state index in [9.17, 15) is 29.7 Å². The van der Waals surface area contributed by atoms with Gasteiger partial charge >= 0.3 is 0 Å². The number of phenolic OH excluding ortho intramolecular Hbond substituents is 1. The summed E-state index contributed by atoms with van der Waals surface area (Å²) in [5.74, 6) is -4.32. The number of thioether (sulfide) groups is 1. The summed E-state index contributed by atoms with van der Waals surface area (Å²) in [5, 5.41) is 32.7. The third kappa shape index (κ3) is 4.02. The van der Waals surface area contributed by atoms with Gasteiger partial charge in [0.1, 0.15) is 22.8 Å². The van der Waals surface area contributed by atoms with Gasteiger partial charge < -0.3 is 21.1 Å². The minimum atomic E-state index is -1.09. The molecular formula is C27H32N2O6S. The number of carbonyl (C=O) groups excluding carboxylic acids is 3. The number of ketones is 2. The predicted molar refractivity (Wildman–Crippen MR) is 136 cm³/mol. The summed E-state index contributed by atoms with van der Waals surface area (Å²) in [7, 11) is 0. The number of Topliss-reactive ketones (excluding diaryl/α,β-unsaturated/α-hetero) is 2. The van der Waals surface area contributed by atoms with Crippen LogP contribution in [-0.4, -0.2) is 57.0 Å². The minimum Gasteiger partial charge on any atom is -0.511 e. The second-order valence-corrected chi connectivity index (χ2v) is 11.3. The van der Waals surface area contributed by atoms with E-state index >= 15 is 0 Å². The highest BCUT2D eigenvalue weighted by atomic mass is 32.2. The highest BCUT2D eigenvalue weighted by molar-refractivity contribution is 7.97. The van der Waals surface area contributed by atoms with Gasteiger partial charge in [-0.1, -0.05) is 6.42 Å². The van der Waals surface area contributed by atoms with Crippen LogP contribution < -0.4 is 5.73 Å². The van der Waals surface area contributed by atoms with Gasteiger partial charge in [-0.3, -0.25) is 19.3 Å². The van der Waals surface area contributed by atoms with Crippen LogP contribution >= 0.6 is 11.8 Å². The molecular weight excluding hydrogens is 480 g/mol. The van der Waals surface area contributed by atoms with Crippen LogP contribution in [0.4, 0.5) is 0 Å². The Morgan fingerprint density at radius 3 is 2.50 bits per heavy atom. The highest BCUT2D eigenvalue weighted by Crippen LogP contribution is 2.50. The normalized spacial score (nSPS) is 26.5. The van der Waals surface area contributed by atoms with Crippen molar-refractivity contribution in [2.75, 3.05) is 19.3 Å². The van der Waals surface area contributed by atoms with Gasteiger partial charge in [0.05, 0.1) is 11.5 Å². The molecule has 3 atom stereocenters. The molecule has 0 spiro atoms. The zero-order valence-electron chi connectivity index (χ0n) is 20.4. The molecule has 1 heterocycles. The Hall–Kier alpha value is -2.78. The van der Waals surface area contributed by atoms with Gasteiger partial charge in [0, 0.05) is 29.9 Å². The zero-order valence-corrected chi connectivity index (χ0v) is 21.2. The van der Waals surface area contributed by atoms with E-state index in [1.807, 2.05) is 12.3 Å². The minimum absolute atomic E-state index is 0.0438. The molecule has 0 saturated carbocycles. The van der Waals surface area contributed by atoms with Crippen molar-refractivity contribution in [1.29, 1.82) is 0 Å². The molecule has 1 saturated heterocycles. The number of hydrogen-bond donors (Lipinski definition) is 4. The molecule has 1 aliphatic heterocycles. The fourth-order valence-electron chi connectivity index (χ4n) is 6.61. The van der Waals surface area contributed by atoms with Crippen LogP contribution in [0.2, 0.25) is 0 Å². The van der Waals surface area contributed by atoms with Gasteiger partial charge in [-0.25, -0.2) is 0 Å². The standard InChI is InChI=1S/C27H32N2O6S/c1-36-12-16-8-15(11-29-5-3-2-4-6-29)17-9-13-7-14-10-18(30)22(27(28)35)26(34)20(14)24(32)19(13)25(33)21(17)23(16)31/h8,13-14,20,30-32H,2-7,9-12H2,1H3,(H2,28,35). The third-order valence-corrected chi connectivity index (χ3v) is 8.80. The lowest BCUT2D eigenvalue weighted by Gasteiger charge is -2.41. The number of primary amides is 1. The number of aromatic hydroxyl groups is 1. The maximum atomic E-state index is 13.9. The highest BCUT2D eigenvalue weighted by Gasteiger charge is 2.50. The Morgan fingerprint density at radius 1 is 1.11 bits per heavy atom. The number of nitrogens with two attached hydrogens (primary N) is 1. The molecule has 0 radical (unpaired) electrons. The van der Waals surface area contributed by atoms with Crippen LogP contribution in [0.1, 0.15) is 59.2 Å². The molecule has 8 nitrogen and oxygen atoms in total. The lowest BCUT2D eigenvalue weighted by molar-refractivity contribution is -0.126. The second kappa shape index (κ2) is 9.59. The number of rotatable bonds is 5. The topological polar surface area (TPSA) is 141 Å². The first-order chi connectivity index (χ1) is 17.2. The lowest BCUT2D eigenvalue weighted by Crippen LogP contribution is -2.43. The second-order valence-electron chi connectivity index (χ2n) is 10.4. The van der Waals surface area contributed by atoms with E-state index in [-0.39, 0.29) is 40.7 Å². The molecule has 3 aliphatic carbocycles. The molecule has 0 aromatic heterocycles. The molecule has 5 N–H and O–H groups in total. The van der Waals surface area contributed by atoms with Crippen molar-refractivity contribution in [3.05, 3.63) is 51.0 Å². The summed E-state index contributed by atoms with van der Waals surface area (Å²) in [4.78, 5) is 41.1. The quantitative estimate of drug-likeness (QED) is 0.440. The third-order valence-electron chi connectivity index (χ3n) is 8.20. The fourth-order valence-corrected chi connectivity index (χ4v) is 7.14. The number of aliphatic hydroxyl groups is 2. The number of hydrogen-bond acceptors (Lipinski definition) is 8. The molecule has 0 bridgehead atoms. The maximum absolute atomic E-state index is 13.9. The smallest absolute Gasteiger partial charge is 0.255 e. The van der Waals surface area contributed by atoms with Crippen molar-refractivity contribution in [3.63, 3.8) is 0 Å². The van der Waals surface area contributed by atoms with E-state index in [1.54, 1.807) is 11.8 Å². The largest absolute Gasteiger partial charge is 0.511 e. The molecule has 4 aliphatic rings. The van der Waals surface area contributed by atoms with Gasteiger partial charge in [-0.05, 0) is 74.1 Å². The molecule has 1 aromatic rings. The van der Waals surface area contributed by atoms with E-state index in [2.05, 4.69) is 4.90 Å². The Kier molecular flexibility index (Phi) is 6.63. The first kappa shape index (κ1) is 24.9. The summed E-state index contributed by atoms with van der Waals surface area (Å²) in [6.45, 7) is 2.69. The van der Waals surface area contributed by atoms with E-state index in [1.165, 1.54) is 6.42 Å². The monoisotopic (exact) mass is 512 g/mol. The summed E-state index contributed by atoms with van der Waals surface area (Å²) < 4.78 is 0. The Labute approximate surface area is 214 Å². The number of benzene rings is 1. The van der Waals surface area contributed by atoms with Crippen molar-refractivity contribution in [1.82, 2.24) is 4.90 Å². The van der Waals surface area contributed by atoms with Crippen molar-refractivity contribution in [3.8, 4) is 5.75 Å². The van der Waals surface area contributed by atoms with Crippen molar-refractivity contribution in [2.24, 2.45) is 23.5 Å². The number of carbonyl (C=O) groups is 3. The van der Waals surface area contributed by atoms with Crippen molar-refractivity contribution in [2.45, 2.75) is 50.8 Å². The van der Waals surface area contributed by atoms with Crippen LogP contribution in [0, 0.1) is 17.8 Å². The number of amides is 1. The van der Waals surface area contributed by atoms with Gasteiger partial charge in [0.15, 0.2) is 11.6 Å². The number of allylic oxidation sites excluding steroid dienone is 3. The summed E-state index contributed by atoms with van der Waals surface area (Å²) in [6, 6.07) is 2.02.